The highest BCUT2D eigenvalue weighted by Crippen LogP contribution is 2.54. The lowest BCUT2D eigenvalue weighted by atomic mass is 9.76. The van der Waals surface area contributed by atoms with Gasteiger partial charge < -0.3 is 9.80 Å². The monoisotopic (exact) mass is 1000 g/mol. The fraction of sp³-hybridized carbons (Fsp3) is 0.158. The Balaban J connectivity index is 1.08. The minimum atomic E-state index is 0.472. The Labute approximate surface area is 460 Å². The first-order valence-electron chi connectivity index (χ1n) is 28.7. The van der Waals surface area contributed by atoms with Gasteiger partial charge in [0.25, 0.3) is 0 Å². The second-order valence-corrected chi connectivity index (χ2v) is 22.0. The van der Waals surface area contributed by atoms with Gasteiger partial charge in [-0.1, -0.05) is 221 Å². The molecule has 2 nitrogen and oxygen atoms in total. The molecular weight excluding hydrogens is 941 g/mol. The van der Waals surface area contributed by atoms with Crippen LogP contribution in [0.1, 0.15) is 87.2 Å². The van der Waals surface area contributed by atoms with Crippen molar-refractivity contribution in [2.75, 3.05) is 9.80 Å². The largest absolute Gasteiger partial charge is 0.310 e. The zero-order valence-corrected chi connectivity index (χ0v) is 44.4. The van der Waals surface area contributed by atoms with Gasteiger partial charge in [-0.3, -0.25) is 0 Å². The molecule has 2 saturated carbocycles. The third-order valence-corrected chi connectivity index (χ3v) is 17.3. The Kier molecular flexibility index (Phi) is 12.9. The van der Waals surface area contributed by atoms with Crippen LogP contribution in [0.5, 0.6) is 0 Å². The molecule has 0 aliphatic heterocycles. The topological polar surface area (TPSA) is 6.48 Å². The number of hydrogen-bond donors (Lipinski definition) is 0. The SMILES string of the molecule is c1ccc(-c2cccc(N(c3cccc(-c4ccccc4)c3)c3ccc4c(C5CCCCC5)cc5c(N(c6cccc(-c7ccccc7)c6)c6cccc(-c7ccccc7)c6)ccc6c(C7CCCCC7)cc3c4c65)c2)cc1. The highest BCUT2D eigenvalue weighted by molar-refractivity contribution is 6.30. The zero-order valence-electron chi connectivity index (χ0n) is 44.4. The smallest absolute Gasteiger partial charge is 0.0540 e. The van der Waals surface area contributed by atoms with E-state index in [1.165, 1.54) is 164 Å². The molecule has 0 saturated heterocycles. The Morgan fingerprint density at radius 2 is 0.513 bits per heavy atom. The molecule has 12 aromatic carbocycles. The summed E-state index contributed by atoms with van der Waals surface area (Å²) in [6.07, 6.45) is 12.5. The molecule has 0 bridgehead atoms. The van der Waals surface area contributed by atoms with Crippen LogP contribution in [-0.4, -0.2) is 0 Å². The van der Waals surface area contributed by atoms with Gasteiger partial charge in [0.15, 0.2) is 0 Å². The first-order valence-corrected chi connectivity index (χ1v) is 28.7. The van der Waals surface area contributed by atoms with Gasteiger partial charge in [-0.05, 0) is 187 Å². The van der Waals surface area contributed by atoms with Crippen molar-refractivity contribution in [1.29, 1.82) is 0 Å². The van der Waals surface area contributed by atoms with Crippen molar-refractivity contribution in [2.24, 2.45) is 0 Å². The fourth-order valence-electron chi connectivity index (χ4n) is 13.6. The zero-order chi connectivity index (χ0) is 51.8. The van der Waals surface area contributed by atoms with E-state index in [0.29, 0.717) is 11.8 Å². The standard InChI is InChI=1S/C76H64N2/c1-7-23-53(24-8-1)59-35-19-39-63(47-59)77(64-40-20-36-60(48-64)54-25-9-2-10-26-54)73-45-43-67-70(58-33-17-6-18-34-58)52-72-74(46-44-68-69(57-31-15-5-16-32-57)51-71(73)75(67)76(68)72)78(65-41-21-37-61(49-65)55-27-11-3-12-28-55)66-42-22-38-62(50-66)56-29-13-4-14-30-56/h1-4,7-14,19-30,35-52,57-58H,5-6,15-18,31-34H2. The van der Waals surface area contributed by atoms with Crippen molar-refractivity contribution in [2.45, 2.75) is 76.0 Å². The summed E-state index contributed by atoms with van der Waals surface area (Å²) >= 11 is 0. The predicted molar refractivity (Wildman–Crippen MR) is 333 cm³/mol. The number of nitrogens with zero attached hydrogens (tertiary/aromatic N) is 2. The summed E-state index contributed by atoms with van der Waals surface area (Å²) in [7, 11) is 0. The lowest BCUT2D eigenvalue weighted by molar-refractivity contribution is 0.445. The first kappa shape index (κ1) is 47.7. The molecule has 0 unspecified atom stereocenters. The molecule has 2 heteroatoms. The second kappa shape index (κ2) is 21.0. The number of hydrogen-bond acceptors (Lipinski definition) is 2. The fourth-order valence-corrected chi connectivity index (χ4v) is 13.6. The maximum absolute atomic E-state index is 2.68. The summed E-state index contributed by atoms with van der Waals surface area (Å²) in [5, 5.41) is 8.26. The minimum absolute atomic E-state index is 0.472. The van der Waals surface area contributed by atoms with Crippen LogP contribution in [-0.2, 0) is 0 Å². The number of rotatable bonds is 12. The van der Waals surface area contributed by atoms with Crippen LogP contribution in [0, 0.1) is 0 Å². The van der Waals surface area contributed by atoms with Crippen molar-refractivity contribution in [3.63, 3.8) is 0 Å². The molecule has 2 aliphatic carbocycles. The van der Waals surface area contributed by atoms with Gasteiger partial charge in [0.2, 0.25) is 0 Å². The minimum Gasteiger partial charge on any atom is -0.310 e. The van der Waals surface area contributed by atoms with E-state index < -0.39 is 0 Å². The molecule has 0 spiro atoms. The van der Waals surface area contributed by atoms with E-state index in [2.05, 4.69) is 265 Å². The molecule has 0 aromatic heterocycles. The van der Waals surface area contributed by atoms with Crippen LogP contribution < -0.4 is 9.80 Å². The summed E-state index contributed by atoms with van der Waals surface area (Å²) in [4.78, 5) is 5.15. The van der Waals surface area contributed by atoms with Crippen LogP contribution >= 0.6 is 0 Å². The van der Waals surface area contributed by atoms with Gasteiger partial charge in [0, 0.05) is 33.5 Å². The van der Waals surface area contributed by atoms with Gasteiger partial charge in [-0.2, -0.15) is 0 Å². The quantitative estimate of drug-likeness (QED) is 0.113. The van der Waals surface area contributed by atoms with Gasteiger partial charge >= 0.3 is 0 Å². The summed E-state index contributed by atoms with van der Waals surface area (Å²) in [5.74, 6) is 0.944. The Hall–Kier alpha value is -8.72. The van der Waals surface area contributed by atoms with Gasteiger partial charge in [-0.15, -0.1) is 0 Å². The maximum Gasteiger partial charge on any atom is 0.0540 e. The maximum atomic E-state index is 2.68. The normalized spacial score (nSPS) is 14.3. The van der Waals surface area contributed by atoms with E-state index in [1.54, 1.807) is 0 Å². The Morgan fingerprint density at radius 3 is 0.808 bits per heavy atom. The van der Waals surface area contributed by atoms with E-state index in [4.69, 9.17) is 0 Å². The highest BCUT2D eigenvalue weighted by Gasteiger charge is 2.30. The van der Waals surface area contributed by atoms with Crippen LogP contribution in [0.3, 0.4) is 0 Å². The second-order valence-electron chi connectivity index (χ2n) is 22.0. The number of benzene rings is 12. The molecule has 0 heterocycles. The molecule has 2 aliphatic rings. The molecule has 0 radical (unpaired) electrons. The Bertz CT molecular complexity index is 3610. The van der Waals surface area contributed by atoms with Crippen LogP contribution in [0.2, 0.25) is 0 Å². The van der Waals surface area contributed by atoms with E-state index in [0.717, 1.165) is 22.7 Å². The van der Waals surface area contributed by atoms with Gasteiger partial charge in [-0.25, -0.2) is 0 Å². The van der Waals surface area contributed by atoms with Crippen molar-refractivity contribution in [3.8, 4) is 44.5 Å². The van der Waals surface area contributed by atoms with Crippen molar-refractivity contribution in [3.05, 3.63) is 266 Å². The van der Waals surface area contributed by atoms with Crippen LogP contribution in [0.25, 0.3) is 76.8 Å². The first-order chi connectivity index (χ1) is 38.7. The molecule has 78 heavy (non-hydrogen) atoms. The van der Waals surface area contributed by atoms with E-state index in [1.807, 2.05) is 0 Å². The molecule has 12 aromatic rings. The van der Waals surface area contributed by atoms with Crippen molar-refractivity contribution < 1.29 is 0 Å². The number of anilines is 6. The van der Waals surface area contributed by atoms with E-state index in [9.17, 15) is 0 Å². The molecule has 0 N–H and O–H groups in total. The summed E-state index contributed by atoms with van der Waals surface area (Å²) in [5.41, 5.74) is 19.7. The lowest BCUT2D eigenvalue weighted by Gasteiger charge is -2.33. The molecule has 0 atom stereocenters. The average Bonchev–Trinajstić information content (AvgIpc) is 3.71. The summed E-state index contributed by atoms with van der Waals surface area (Å²) in [6.45, 7) is 0. The molecule has 0 amide bonds. The van der Waals surface area contributed by atoms with Crippen molar-refractivity contribution in [1.82, 2.24) is 0 Å². The third kappa shape index (κ3) is 8.99. The summed E-state index contributed by atoms with van der Waals surface area (Å²) < 4.78 is 0. The Morgan fingerprint density at radius 1 is 0.231 bits per heavy atom. The van der Waals surface area contributed by atoms with Gasteiger partial charge in [0.05, 0.1) is 11.4 Å². The lowest BCUT2D eigenvalue weighted by Crippen LogP contribution is -2.14. The average molecular weight is 1010 g/mol. The molecular formula is C76H64N2. The van der Waals surface area contributed by atoms with E-state index >= 15 is 0 Å². The highest BCUT2D eigenvalue weighted by atomic mass is 15.2. The molecule has 2 fully saturated rings. The third-order valence-electron chi connectivity index (χ3n) is 17.3. The van der Waals surface area contributed by atoms with Crippen molar-refractivity contribution >= 4 is 66.4 Å². The predicted octanol–water partition coefficient (Wildman–Crippen LogP) is 22.3. The van der Waals surface area contributed by atoms with Crippen LogP contribution in [0.4, 0.5) is 34.1 Å². The van der Waals surface area contributed by atoms with Crippen LogP contribution in [0.15, 0.2) is 255 Å². The molecule has 14 rings (SSSR count). The molecule has 378 valence electrons. The summed E-state index contributed by atoms with van der Waals surface area (Å²) in [6, 6.07) is 95.8. The van der Waals surface area contributed by atoms with Gasteiger partial charge in [0.1, 0.15) is 0 Å². The van der Waals surface area contributed by atoms with E-state index in [-0.39, 0.29) is 0 Å².